The van der Waals surface area contributed by atoms with Crippen LogP contribution in [0, 0.1) is 12.7 Å². The van der Waals surface area contributed by atoms with Crippen molar-refractivity contribution < 1.29 is 9.13 Å². The Labute approximate surface area is 173 Å². The van der Waals surface area contributed by atoms with Crippen molar-refractivity contribution in [2.75, 3.05) is 6.54 Å². The zero-order chi connectivity index (χ0) is 20.5. The number of ether oxygens (including phenoxy) is 1. The van der Waals surface area contributed by atoms with Crippen molar-refractivity contribution in [2.45, 2.75) is 26.4 Å². The van der Waals surface area contributed by atoms with E-state index in [-0.39, 0.29) is 11.4 Å². The monoisotopic (exact) mass is 413 g/mol. The molecule has 5 nitrogen and oxygen atoms in total. The molecule has 3 aromatic rings. The van der Waals surface area contributed by atoms with Crippen molar-refractivity contribution in [1.82, 2.24) is 14.7 Å². The molecule has 7 heteroatoms. The molecule has 0 N–H and O–H groups in total. The topological polar surface area (TPSA) is 47.4 Å². The van der Waals surface area contributed by atoms with Crippen molar-refractivity contribution in [3.8, 4) is 11.5 Å². The van der Waals surface area contributed by atoms with Gasteiger partial charge in [0.1, 0.15) is 17.3 Å². The number of rotatable bonds is 4. The fourth-order valence-corrected chi connectivity index (χ4v) is 3.69. The average molecular weight is 414 g/mol. The van der Waals surface area contributed by atoms with Crippen molar-refractivity contribution in [1.29, 1.82) is 0 Å². The lowest BCUT2D eigenvalue weighted by atomic mass is 10.1. The van der Waals surface area contributed by atoms with Gasteiger partial charge in [-0.2, -0.15) is 5.10 Å². The number of aromatic nitrogens is 2. The Bertz CT molecular complexity index is 1130. The Morgan fingerprint density at radius 3 is 2.69 bits per heavy atom. The van der Waals surface area contributed by atoms with Crippen molar-refractivity contribution in [3.63, 3.8) is 0 Å². The van der Waals surface area contributed by atoms with Gasteiger partial charge in [-0.3, -0.25) is 9.69 Å². The molecule has 2 heterocycles. The van der Waals surface area contributed by atoms with Crippen molar-refractivity contribution >= 4 is 11.6 Å². The van der Waals surface area contributed by atoms with E-state index in [1.54, 1.807) is 38.2 Å². The highest BCUT2D eigenvalue weighted by Gasteiger charge is 2.19. The van der Waals surface area contributed by atoms with E-state index in [1.807, 2.05) is 12.1 Å². The zero-order valence-electron chi connectivity index (χ0n) is 16.3. The first-order valence-electron chi connectivity index (χ1n) is 9.40. The molecule has 0 bridgehead atoms. The van der Waals surface area contributed by atoms with E-state index in [0.29, 0.717) is 35.2 Å². The van der Waals surface area contributed by atoms with Gasteiger partial charge in [0.2, 0.25) is 0 Å². The maximum Gasteiger partial charge on any atom is 0.266 e. The Morgan fingerprint density at radius 2 is 1.93 bits per heavy atom. The third-order valence-corrected chi connectivity index (χ3v) is 5.45. The number of benzene rings is 2. The molecule has 29 heavy (non-hydrogen) atoms. The number of fused-ring (bicyclic) bond motifs is 1. The van der Waals surface area contributed by atoms with Gasteiger partial charge in [0.15, 0.2) is 0 Å². The minimum Gasteiger partial charge on any atom is -0.457 e. The molecular weight excluding hydrogens is 393 g/mol. The van der Waals surface area contributed by atoms with Gasteiger partial charge in [0, 0.05) is 44.2 Å². The molecule has 0 aliphatic carbocycles. The molecular formula is C22H21ClFN3O2. The second-order valence-corrected chi connectivity index (χ2v) is 7.71. The molecule has 0 saturated carbocycles. The number of hydrogen-bond acceptors (Lipinski definition) is 4. The van der Waals surface area contributed by atoms with Crippen molar-refractivity contribution in [3.05, 3.63) is 86.0 Å². The molecule has 0 saturated heterocycles. The summed E-state index contributed by atoms with van der Waals surface area (Å²) in [6, 6.07) is 11.9. The van der Waals surface area contributed by atoms with Crippen LogP contribution in [0.5, 0.6) is 11.5 Å². The van der Waals surface area contributed by atoms with Crippen LogP contribution in [0.15, 0.2) is 47.3 Å². The first-order chi connectivity index (χ1) is 13.9. The van der Waals surface area contributed by atoms with E-state index in [2.05, 4.69) is 10.00 Å². The number of nitrogens with zero attached hydrogens (tertiary/aromatic N) is 3. The van der Waals surface area contributed by atoms with Crippen LogP contribution in [0.25, 0.3) is 0 Å². The molecule has 0 amide bonds. The third kappa shape index (κ3) is 4.33. The average Bonchev–Trinajstić information content (AvgIpc) is 2.68. The molecule has 1 aromatic heterocycles. The summed E-state index contributed by atoms with van der Waals surface area (Å²) in [6.07, 6.45) is 0.798. The van der Waals surface area contributed by atoms with Crippen LogP contribution in [0.3, 0.4) is 0 Å². The van der Waals surface area contributed by atoms with Gasteiger partial charge in [-0.25, -0.2) is 9.07 Å². The van der Waals surface area contributed by atoms with Gasteiger partial charge in [-0.15, -0.1) is 0 Å². The lowest BCUT2D eigenvalue weighted by Crippen LogP contribution is -2.34. The Kier molecular flexibility index (Phi) is 5.39. The molecule has 1 aliphatic heterocycles. The summed E-state index contributed by atoms with van der Waals surface area (Å²) in [7, 11) is 1.67. The van der Waals surface area contributed by atoms with E-state index in [0.717, 1.165) is 29.8 Å². The van der Waals surface area contributed by atoms with Gasteiger partial charge in [-0.05, 0) is 53.9 Å². The molecule has 2 aromatic carbocycles. The van der Waals surface area contributed by atoms with Gasteiger partial charge >= 0.3 is 0 Å². The Morgan fingerprint density at radius 1 is 1.17 bits per heavy atom. The van der Waals surface area contributed by atoms with Crippen LogP contribution >= 0.6 is 11.6 Å². The highest BCUT2D eigenvalue weighted by Crippen LogP contribution is 2.29. The largest absolute Gasteiger partial charge is 0.457 e. The molecule has 0 unspecified atom stereocenters. The summed E-state index contributed by atoms with van der Waals surface area (Å²) in [4.78, 5) is 14.1. The van der Waals surface area contributed by atoms with Crippen LogP contribution in [-0.4, -0.2) is 21.2 Å². The quantitative estimate of drug-likeness (QED) is 0.642. The molecule has 1 aliphatic rings. The fraction of sp³-hybridized carbons (Fsp3) is 0.273. The van der Waals surface area contributed by atoms with Crippen LogP contribution in [0.1, 0.15) is 22.4 Å². The van der Waals surface area contributed by atoms with Gasteiger partial charge in [0.25, 0.3) is 5.56 Å². The Balaban J connectivity index is 1.46. The molecule has 4 rings (SSSR count). The SMILES string of the molecule is Cc1cc(Oc2ccc(CN3CCc4nn(C)c(=O)cc4C3)c(Cl)c2)ccc1F. The molecule has 0 atom stereocenters. The summed E-state index contributed by atoms with van der Waals surface area (Å²) < 4.78 is 20.6. The number of halogens is 2. The first kappa shape index (κ1) is 19.6. The lowest BCUT2D eigenvalue weighted by Gasteiger charge is -2.28. The predicted molar refractivity (Wildman–Crippen MR) is 110 cm³/mol. The van der Waals surface area contributed by atoms with Crippen LogP contribution in [0.4, 0.5) is 4.39 Å². The maximum atomic E-state index is 13.4. The number of aryl methyl sites for hydroxylation is 2. The minimum atomic E-state index is -0.262. The van der Waals surface area contributed by atoms with Crippen LogP contribution in [-0.2, 0) is 26.6 Å². The highest BCUT2D eigenvalue weighted by atomic mass is 35.5. The van der Waals surface area contributed by atoms with Gasteiger partial charge in [0.05, 0.1) is 5.69 Å². The summed E-state index contributed by atoms with van der Waals surface area (Å²) in [5.74, 6) is 0.901. The highest BCUT2D eigenvalue weighted by molar-refractivity contribution is 6.31. The van der Waals surface area contributed by atoms with E-state index in [4.69, 9.17) is 16.3 Å². The second kappa shape index (κ2) is 7.97. The number of hydrogen-bond donors (Lipinski definition) is 0. The van der Waals surface area contributed by atoms with E-state index < -0.39 is 0 Å². The molecule has 0 fully saturated rings. The van der Waals surface area contributed by atoms with E-state index in [9.17, 15) is 9.18 Å². The predicted octanol–water partition coefficient (Wildman–Crippen LogP) is 4.23. The third-order valence-electron chi connectivity index (χ3n) is 5.10. The summed E-state index contributed by atoms with van der Waals surface area (Å²) in [5, 5.41) is 4.95. The summed E-state index contributed by atoms with van der Waals surface area (Å²) in [5.41, 5.74) is 3.37. The maximum absolute atomic E-state index is 13.4. The lowest BCUT2D eigenvalue weighted by molar-refractivity contribution is 0.241. The minimum absolute atomic E-state index is 0.0961. The molecule has 150 valence electrons. The van der Waals surface area contributed by atoms with Crippen molar-refractivity contribution in [2.24, 2.45) is 7.05 Å². The van der Waals surface area contributed by atoms with Crippen LogP contribution < -0.4 is 10.3 Å². The fourth-order valence-electron chi connectivity index (χ4n) is 3.46. The second-order valence-electron chi connectivity index (χ2n) is 7.31. The van der Waals surface area contributed by atoms with E-state index in [1.165, 1.54) is 10.7 Å². The standard InChI is InChI=1S/C22H21ClFN3O2/c1-14-9-17(5-6-20(14)24)29-18-4-3-15(19(23)11-18)12-27-8-7-21-16(13-27)10-22(28)26(2)25-21/h3-6,9-11H,7-8,12-13H2,1-2H3. The van der Waals surface area contributed by atoms with Gasteiger partial charge < -0.3 is 4.74 Å². The first-order valence-corrected chi connectivity index (χ1v) is 9.78. The zero-order valence-corrected chi connectivity index (χ0v) is 17.0. The van der Waals surface area contributed by atoms with E-state index >= 15 is 0 Å². The van der Waals surface area contributed by atoms with Gasteiger partial charge in [-0.1, -0.05) is 17.7 Å². The normalized spacial score (nSPS) is 13.9. The Hall–Kier alpha value is -2.70. The summed E-state index contributed by atoms with van der Waals surface area (Å²) >= 11 is 6.49. The smallest absolute Gasteiger partial charge is 0.266 e. The van der Waals surface area contributed by atoms with Crippen LogP contribution in [0.2, 0.25) is 5.02 Å². The molecule has 0 radical (unpaired) electrons. The summed E-state index contributed by atoms with van der Waals surface area (Å²) in [6.45, 7) is 3.88. The molecule has 0 spiro atoms.